The van der Waals surface area contributed by atoms with Crippen LogP contribution in [0.5, 0.6) is 0 Å². The quantitative estimate of drug-likeness (QED) is 0.543. The Morgan fingerprint density at radius 1 is 1.03 bits per heavy atom. The van der Waals surface area contributed by atoms with Gasteiger partial charge in [0.05, 0.1) is 5.60 Å². The maximum Gasteiger partial charge on any atom is 0.0728 e. The van der Waals surface area contributed by atoms with Crippen LogP contribution >= 0.6 is 0 Å². The van der Waals surface area contributed by atoms with Crippen molar-refractivity contribution in [3.63, 3.8) is 0 Å². The maximum absolute atomic E-state index is 11.8. The lowest BCUT2D eigenvalue weighted by molar-refractivity contribution is -0.0296. The van der Waals surface area contributed by atoms with Gasteiger partial charge in [-0.1, -0.05) is 81.1 Å². The lowest BCUT2D eigenvalue weighted by Crippen LogP contribution is -2.44. The molecule has 1 saturated heterocycles. The summed E-state index contributed by atoms with van der Waals surface area (Å²) in [6.07, 6.45) is 10.3. The van der Waals surface area contributed by atoms with E-state index in [1.165, 1.54) is 67.4 Å². The molecule has 2 aromatic carbocycles. The molecule has 168 valence electrons. The van der Waals surface area contributed by atoms with Gasteiger partial charge in [-0.15, -0.1) is 0 Å². The van der Waals surface area contributed by atoms with Crippen molar-refractivity contribution in [2.75, 3.05) is 19.6 Å². The minimum atomic E-state index is -0.541. The van der Waals surface area contributed by atoms with Crippen LogP contribution in [-0.4, -0.2) is 35.2 Å². The van der Waals surface area contributed by atoms with Gasteiger partial charge in [0.25, 0.3) is 0 Å². The van der Waals surface area contributed by atoms with Gasteiger partial charge in [0, 0.05) is 19.0 Å². The van der Waals surface area contributed by atoms with Crippen molar-refractivity contribution >= 4 is 0 Å². The first-order chi connectivity index (χ1) is 15.1. The second kappa shape index (κ2) is 10.3. The van der Waals surface area contributed by atoms with Crippen molar-refractivity contribution in [1.29, 1.82) is 0 Å². The molecule has 0 spiro atoms. The molecule has 4 rings (SSSR count). The molecule has 2 atom stereocenters. The van der Waals surface area contributed by atoms with Crippen molar-refractivity contribution in [2.45, 2.75) is 83.2 Å². The third-order valence-corrected chi connectivity index (χ3v) is 8.05. The molecule has 0 bridgehead atoms. The van der Waals surface area contributed by atoms with Gasteiger partial charge in [0.1, 0.15) is 0 Å². The van der Waals surface area contributed by atoms with Crippen molar-refractivity contribution in [1.82, 2.24) is 4.90 Å². The third kappa shape index (κ3) is 5.59. The third-order valence-electron chi connectivity index (χ3n) is 8.05. The highest BCUT2D eigenvalue weighted by atomic mass is 16.3. The van der Waals surface area contributed by atoms with E-state index in [9.17, 15) is 5.11 Å². The average molecular weight is 420 g/mol. The molecule has 0 aromatic heterocycles. The molecule has 2 fully saturated rings. The molecular weight excluding hydrogens is 378 g/mol. The zero-order valence-corrected chi connectivity index (χ0v) is 19.7. The van der Waals surface area contributed by atoms with Crippen molar-refractivity contribution < 1.29 is 5.11 Å². The van der Waals surface area contributed by atoms with Gasteiger partial charge in [-0.3, -0.25) is 0 Å². The highest BCUT2D eigenvalue weighted by Gasteiger charge is 2.40. The zero-order chi connectivity index (χ0) is 21.7. The Kier molecular flexibility index (Phi) is 7.51. The zero-order valence-electron chi connectivity index (χ0n) is 19.7. The number of likely N-dealkylation sites (tertiary alicyclic amines) is 1. The van der Waals surface area contributed by atoms with E-state index in [1.807, 2.05) is 0 Å². The number of rotatable bonds is 8. The van der Waals surface area contributed by atoms with Gasteiger partial charge in [-0.2, -0.15) is 0 Å². The molecule has 0 radical (unpaired) electrons. The first-order valence-corrected chi connectivity index (χ1v) is 12.7. The summed E-state index contributed by atoms with van der Waals surface area (Å²) in [5, 5.41) is 11.8. The number of hydrogen-bond donors (Lipinski definition) is 1. The normalized spacial score (nSPS) is 22.5. The van der Waals surface area contributed by atoms with E-state index < -0.39 is 5.60 Å². The second-order valence-electron chi connectivity index (χ2n) is 10.2. The van der Waals surface area contributed by atoms with Gasteiger partial charge in [0.2, 0.25) is 0 Å². The Morgan fingerprint density at radius 3 is 2.48 bits per heavy atom. The maximum atomic E-state index is 11.8. The van der Waals surface area contributed by atoms with Crippen LogP contribution in [-0.2, 0) is 12.8 Å². The first kappa shape index (κ1) is 22.6. The van der Waals surface area contributed by atoms with E-state index in [0.29, 0.717) is 0 Å². The van der Waals surface area contributed by atoms with Crippen LogP contribution in [0.2, 0.25) is 0 Å². The van der Waals surface area contributed by atoms with E-state index in [2.05, 4.69) is 67.3 Å². The van der Waals surface area contributed by atoms with Crippen LogP contribution in [0.3, 0.4) is 0 Å². The standard InChI is InChI=1S/C29H41NO/c1-3-24-16-19-30(21-24)22-28(29(31)17-8-5-9-18-29)27-15-14-26(23(2)20-27)13-12-25-10-6-4-7-11-25/h4,6-7,10-11,14-15,20,24,28,31H,3,5,8-9,12-13,16-19,21-22H2,1-2H3/t24-,28?/m1/s1. The molecule has 2 nitrogen and oxygen atoms in total. The fraction of sp³-hybridized carbons (Fsp3) is 0.586. The molecule has 2 aromatic rings. The van der Waals surface area contributed by atoms with Gasteiger partial charge >= 0.3 is 0 Å². The number of nitrogens with zero attached hydrogens (tertiary/aromatic N) is 1. The first-order valence-electron chi connectivity index (χ1n) is 12.7. The number of aliphatic hydroxyl groups is 1. The molecule has 2 aliphatic rings. The minimum Gasteiger partial charge on any atom is -0.389 e. The fourth-order valence-corrected chi connectivity index (χ4v) is 5.91. The van der Waals surface area contributed by atoms with E-state index in [1.54, 1.807) is 0 Å². The molecule has 0 amide bonds. The van der Waals surface area contributed by atoms with Gasteiger partial charge < -0.3 is 10.0 Å². The highest BCUT2D eigenvalue weighted by molar-refractivity contribution is 5.35. The Labute approximate surface area is 189 Å². The summed E-state index contributed by atoms with van der Waals surface area (Å²) in [4.78, 5) is 2.63. The minimum absolute atomic E-state index is 0.227. The van der Waals surface area contributed by atoms with Gasteiger partial charge in [0.15, 0.2) is 0 Å². The van der Waals surface area contributed by atoms with Crippen LogP contribution in [0.25, 0.3) is 0 Å². The molecular formula is C29H41NO. The molecule has 31 heavy (non-hydrogen) atoms. The van der Waals surface area contributed by atoms with Crippen molar-refractivity contribution in [2.24, 2.45) is 5.92 Å². The van der Waals surface area contributed by atoms with Crippen LogP contribution in [0.4, 0.5) is 0 Å². The molecule has 1 unspecified atom stereocenters. The molecule has 1 saturated carbocycles. The topological polar surface area (TPSA) is 23.5 Å². The highest BCUT2D eigenvalue weighted by Crippen LogP contribution is 2.41. The summed E-state index contributed by atoms with van der Waals surface area (Å²) in [7, 11) is 0. The van der Waals surface area contributed by atoms with Gasteiger partial charge in [-0.25, -0.2) is 0 Å². The van der Waals surface area contributed by atoms with Crippen LogP contribution in [0, 0.1) is 12.8 Å². The van der Waals surface area contributed by atoms with Crippen LogP contribution in [0.1, 0.15) is 80.0 Å². The Hall–Kier alpha value is -1.64. The van der Waals surface area contributed by atoms with E-state index >= 15 is 0 Å². The number of aryl methyl sites for hydroxylation is 3. The predicted molar refractivity (Wildman–Crippen MR) is 131 cm³/mol. The summed E-state index contributed by atoms with van der Waals surface area (Å²) in [6.45, 7) is 7.98. The summed E-state index contributed by atoms with van der Waals surface area (Å²) in [5.74, 6) is 1.06. The van der Waals surface area contributed by atoms with Crippen LogP contribution in [0.15, 0.2) is 48.5 Å². The Morgan fingerprint density at radius 2 is 1.81 bits per heavy atom. The van der Waals surface area contributed by atoms with Crippen molar-refractivity contribution in [3.05, 3.63) is 70.8 Å². The number of benzene rings is 2. The Balaban J connectivity index is 1.52. The summed E-state index contributed by atoms with van der Waals surface area (Å²) < 4.78 is 0. The van der Waals surface area contributed by atoms with Crippen molar-refractivity contribution in [3.8, 4) is 0 Å². The van der Waals surface area contributed by atoms with E-state index in [-0.39, 0.29) is 5.92 Å². The molecule has 2 heteroatoms. The predicted octanol–water partition coefficient (Wildman–Crippen LogP) is 6.29. The van der Waals surface area contributed by atoms with Crippen LogP contribution < -0.4 is 0 Å². The molecule has 1 heterocycles. The summed E-state index contributed by atoms with van der Waals surface area (Å²) >= 11 is 0. The average Bonchev–Trinajstić information content (AvgIpc) is 3.26. The van der Waals surface area contributed by atoms with E-state index in [0.717, 1.165) is 38.1 Å². The lowest BCUT2D eigenvalue weighted by atomic mass is 9.72. The van der Waals surface area contributed by atoms with E-state index in [4.69, 9.17) is 0 Å². The van der Waals surface area contributed by atoms with Gasteiger partial charge in [-0.05, 0) is 73.7 Å². The molecule has 1 N–H and O–H groups in total. The monoisotopic (exact) mass is 419 g/mol. The summed E-state index contributed by atoms with van der Waals surface area (Å²) in [5.41, 5.74) is 5.03. The molecule has 1 aliphatic heterocycles. The molecule has 1 aliphatic carbocycles. The smallest absolute Gasteiger partial charge is 0.0728 e. The Bertz CT molecular complexity index is 824. The lowest BCUT2D eigenvalue weighted by Gasteiger charge is -2.41. The number of hydrogen-bond acceptors (Lipinski definition) is 2. The second-order valence-corrected chi connectivity index (χ2v) is 10.2. The fourth-order valence-electron chi connectivity index (χ4n) is 5.91. The summed E-state index contributed by atoms with van der Waals surface area (Å²) in [6, 6.07) is 17.8. The largest absolute Gasteiger partial charge is 0.389 e. The SMILES string of the molecule is CC[C@@H]1CCN(CC(c2ccc(CCc3ccccc3)c(C)c2)C2(O)CCCCC2)C1.